The number of rotatable bonds is 5. The maximum atomic E-state index is 12.7. The molecule has 0 amide bonds. The molecule has 1 heterocycles. The van der Waals surface area contributed by atoms with Crippen molar-refractivity contribution in [3.05, 3.63) is 125 Å². The Hall–Kier alpha value is -4.43. The van der Waals surface area contributed by atoms with Crippen LogP contribution in [0.2, 0.25) is 0 Å². The van der Waals surface area contributed by atoms with Crippen molar-refractivity contribution in [2.24, 2.45) is 4.99 Å². The summed E-state index contributed by atoms with van der Waals surface area (Å²) in [5.74, 6) is -0.555. The number of aliphatic imine (C=N–C) groups is 1. The third-order valence-corrected chi connectivity index (χ3v) is 4.69. The number of nitrogens with one attached hydrogen (secondary N) is 1. The fourth-order valence-electron chi connectivity index (χ4n) is 3.12. The number of hydrogen-bond acceptors (Lipinski definition) is 5. The summed E-state index contributed by atoms with van der Waals surface area (Å²) in [5.41, 5.74) is 3.85. The molecule has 0 aromatic heterocycles. The van der Waals surface area contributed by atoms with Crippen LogP contribution in [-0.2, 0) is 16.1 Å². The molecular formula is C26H19N3O2. The van der Waals surface area contributed by atoms with Crippen molar-refractivity contribution < 1.29 is 9.53 Å². The van der Waals surface area contributed by atoms with Crippen LogP contribution in [0.15, 0.2) is 113 Å². The zero-order valence-electron chi connectivity index (χ0n) is 16.7. The van der Waals surface area contributed by atoms with Gasteiger partial charge in [-0.15, -0.1) is 0 Å². The second-order valence-corrected chi connectivity index (χ2v) is 6.81. The maximum absolute atomic E-state index is 12.7. The minimum atomic E-state index is -0.723. The van der Waals surface area contributed by atoms with Gasteiger partial charge in [0.05, 0.1) is 5.71 Å². The summed E-state index contributed by atoms with van der Waals surface area (Å²) < 4.78 is 5.37. The Morgan fingerprint density at radius 1 is 0.871 bits per heavy atom. The molecule has 0 fully saturated rings. The van der Waals surface area contributed by atoms with Gasteiger partial charge in [0.1, 0.15) is 12.7 Å². The van der Waals surface area contributed by atoms with Crippen LogP contribution in [0.3, 0.4) is 0 Å². The SMILES string of the molecule is N#C/C(C(=O)OCc1ccccc1)=C1\N=C(c2ccccc2)C=C(c2ccccc2)N1. The Bertz CT molecular complexity index is 1210. The predicted molar refractivity (Wildman–Crippen MR) is 119 cm³/mol. The molecule has 3 aromatic carbocycles. The molecule has 150 valence electrons. The lowest BCUT2D eigenvalue weighted by molar-refractivity contribution is -0.139. The van der Waals surface area contributed by atoms with Gasteiger partial charge in [-0.2, -0.15) is 5.26 Å². The first-order valence-electron chi connectivity index (χ1n) is 9.78. The van der Waals surface area contributed by atoms with E-state index < -0.39 is 5.97 Å². The number of nitrogens with zero attached hydrogens (tertiary/aromatic N) is 2. The van der Waals surface area contributed by atoms with Crippen LogP contribution in [0.1, 0.15) is 16.7 Å². The lowest BCUT2D eigenvalue weighted by Crippen LogP contribution is -2.22. The van der Waals surface area contributed by atoms with Gasteiger partial charge in [-0.1, -0.05) is 91.0 Å². The van der Waals surface area contributed by atoms with Gasteiger partial charge in [0.15, 0.2) is 11.4 Å². The monoisotopic (exact) mass is 405 g/mol. The molecule has 0 radical (unpaired) electrons. The first-order chi connectivity index (χ1) is 15.2. The molecule has 3 aromatic rings. The fourth-order valence-corrected chi connectivity index (χ4v) is 3.12. The average Bonchev–Trinajstić information content (AvgIpc) is 2.85. The standard InChI is InChI=1S/C26H19N3O2/c27-17-22(26(30)31-18-19-10-4-1-5-11-19)25-28-23(20-12-6-2-7-13-20)16-24(29-25)21-14-8-3-9-15-21/h1-16,28H,18H2/b25-22+. The van der Waals surface area contributed by atoms with Crippen LogP contribution in [-0.4, -0.2) is 11.7 Å². The van der Waals surface area contributed by atoms with Gasteiger partial charge in [-0.25, -0.2) is 9.79 Å². The van der Waals surface area contributed by atoms with Crippen LogP contribution in [0, 0.1) is 11.3 Å². The van der Waals surface area contributed by atoms with Crippen LogP contribution < -0.4 is 5.32 Å². The van der Waals surface area contributed by atoms with E-state index in [-0.39, 0.29) is 18.0 Å². The molecule has 5 nitrogen and oxygen atoms in total. The van der Waals surface area contributed by atoms with Crippen LogP contribution in [0.5, 0.6) is 0 Å². The Balaban J connectivity index is 1.70. The summed E-state index contributed by atoms with van der Waals surface area (Å²) in [6.07, 6.45) is 1.90. The minimum absolute atomic E-state index is 0.0781. The third-order valence-electron chi connectivity index (χ3n) is 4.69. The minimum Gasteiger partial charge on any atom is -0.457 e. The van der Waals surface area contributed by atoms with Gasteiger partial charge in [-0.3, -0.25) is 0 Å². The van der Waals surface area contributed by atoms with E-state index in [1.807, 2.05) is 103 Å². The molecule has 1 aliphatic rings. The number of ether oxygens (including phenoxy) is 1. The summed E-state index contributed by atoms with van der Waals surface area (Å²) in [7, 11) is 0. The van der Waals surface area contributed by atoms with E-state index in [2.05, 4.69) is 10.3 Å². The molecule has 1 aliphatic heterocycles. The van der Waals surface area contributed by atoms with E-state index in [0.717, 1.165) is 22.4 Å². The number of benzene rings is 3. The highest BCUT2D eigenvalue weighted by molar-refractivity contribution is 6.14. The number of allylic oxidation sites excluding steroid dienone is 1. The molecule has 0 atom stereocenters. The average molecular weight is 405 g/mol. The largest absolute Gasteiger partial charge is 0.457 e. The first kappa shape index (κ1) is 19.9. The van der Waals surface area contributed by atoms with Crippen molar-refractivity contribution in [2.75, 3.05) is 0 Å². The molecule has 1 N–H and O–H groups in total. The molecule has 0 aliphatic carbocycles. The normalized spacial score (nSPS) is 14.4. The van der Waals surface area contributed by atoms with Gasteiger partial charge in [-0.05, 0) is 17.2 Å². The molecular weight excluding hydrogens is 386 g/mol. The highest BCUT2D eigenvalue weighted by Crippen LogP contribution is 2.22. The van der Waals surface area contributed by atoms with E-state index in [4.69, 9.17) is 4.74 Å². The Morgan fingerprint density at radius 2 is 1.45 bits per heavy atom. The van der Waals surface area contributed by atoms with E-state index in [1.54, 1.807) is 0 Å². The molecule has 0 saturated heterocycles. The van der Waals surface area contributed by atoms with Crippen molar-refractivity contribution in [1.82, 2.24) is 5.32 Å². The third kappa shape index (κ3) is 4.77. The van der Waals surface area contributed by atoms with Crippen LogP contribution in [0.25, 0.3) is 5.70 Å². The summed E-state index contributed by atoms with van der Waals surface area (Å²) in [5, 5.41) is 12.9. The summed E-state index contributed by atoms with van der Waals surface area (Å²) in [6, 6.07) is 30.6. The first-order valence-corrected chi connectivity index (χ1v) is 9.78. The van der Waals surface area contributed by atoms with Gasteiger partial charge >= 0.3 is 5.97 Å². The van der Waals surface area contributed by atoms with E-state index in [9.17, 15) is 10.1 Å². The number of carbonyl (C=O) groups is 1. The highest BCUT2D eigenvalue weighted by atomic mass is 16.5. The molecule has 0 spiro atoms. The maximum Gasteiger partial charge on any atom is 0.353 e. The predicted octanol–water partition coefficient (Wildman–Crippen LogP) is 4.60. The van der Waals surface area contributed by atoms with Crippen molar-refractivity contribution in [3.8, 4) is 6.07 Å². The van der Waals surface area contributed by atoms with Gasteiger partial charge in [0.2, 0.25) is 0 Å². The summed E-state index contributed by atoms with van der Waals surface area (Å²) in [6.45, 7) is 0.0781. The smallest absolute Gasteiger partial charge is 0.353 e. The lowest BCUT2D eigenvalue weighted by Gasteiger charge is -2.19. The van der Waals surface area contributed by atoms with Gasteiger partial charge in [0, 0.05) is 11.3 Å². The summed E-state index contributed by atoms with van der Waals surface area (Å²) in [4.78, 5) is 17.3. The number of esters is 1. The van der Waals surface area contributed by atoms with Crippen molar-refractivity contribution in [3.63, 3.8) is 0 Å². The molecule has 5 heteroatoms. The Labute approximate surface area is 180 Å². The second-order valence-electron chi connectivity index (χ2n) is 6.81. The molecule has 0 bridgehead atoms. The lowest BCUT2D eigenvalue weighted by atomic mass is 10.0. The molecule has 31 heavy (non-hydrogen) atoms. The number of hydrogen-bond donors (Lipinski definition) is 1. The quantitative estimate of drug-likeness (QED) is 0.382. The number of carbonyl (C=O) groups excluding carboxylic acids is 1. The van der Waals surface area contributed by atoms with Crippen LogP contribution >= 0.6 is 0 Å². The van der Waals surface area contributed by atoms with Crippen molar-refractivity contribution >= 4 is 17.4 Å². The van der Waals surface area contributed by atoms with Gasteiger partial charge < -0.3 is 10.1 Å². The van der Waals surface area contributed by atoms with E-state index in [1.165, 1.54) is 0 Å². The number of nitriles is 1. The Kier molecular flexibility index (Phi) is 6.01. The fraction of sp³-hybridized carbons (Fsp3) is 0.0385. The zero-order chi connectivity index (χ0) is 21.5. The van der Waals surface area contributed by atoms with Gasteiger partial charge in [0.25, 0.3) is 0 Å². The molecule has 0 saturated carbocycles. The topological polar surface area (TPSA) is 74.5 Å². The van der Waals surface area contributed by atoms with Crippen LogP contribution in [0.4, 0.5) is 0 Å². The molecule has 0 unspecified atom stereocenters. The summed E-state index contributed by atoms with van der Waals surface area (Å²) >= 11 is 0. The molecule has 4 rings (SSSR count). The second kappa shape index (κ2) is 9.38. The van der Waals surface area contributed by atoms with Crippen molar-refractivity contribution in [1.29, 1.82) is 5.26 Å². The Morgan fingerprint density at radius 3 is 2.06 bits per heavy atom. The van der Waals surface area contributed by atoms with Crippen molar-refractivity contribution in [2.45, 2.75) is 6.61 Å². The highest BCUT2D eigenvalue weighted by Gasteiger charge is 2.22. The zero-order valence-corrected chi connectivity index (χ0v) is 16.7. The van der Waals surface area contributed by atoms with E-state index >= 15 is 0 Å². The van der Waals surface area contributed by atoms with E-state index in [0.29, 0.717) is 5.71 Å².